The first-order valence-electron chi connectivity index (χ1n) is 6.31. The maximum absolute atomic E-state index is 12.3. The van der Waals surface area contributed by atoms with Crippen LogP contribution in [0.3, 0.4) is 0 Å². The maximum Gasteiger partial charge on any atom is 0.253 e. The van der Waals surface area contributed by atoms with E-state index < -0.39 is 0 Å². The Bertz CT molecular complexity index is 600. The molecule has 1 aliphatic rings. The number of nitrogens with one attached hydrogen (secondary N) is 1. The zero-order valence-corrected chi connectivity index (χ0v) is 10.7. The van der Waals surface area contributed by atoms with Gasteiger partial charge in [-0.1, -0.05) is 13.8 Å². The molecule has 2 aromatic rings. The van der Waals surface area contributed by atoms with Gasteiger partial charge in [-0.05, 0) is 36.5 Å². The number of hydrogen-bond acceptors (Lipinski definition) is 2. The summed E-state index contributed by atoms with van der Waals surface area (Å²) >= 11 is 0. The van der Waals surface area contributed by atoms with Gasteiger partial charge in [0.15, 0.2) is 0 Å². The first-order chi connectivity index (χ1) is 8.58. The van der Waals surface area contributed by atoms with Crippen molar-refractivity contribution in [1.82, 2.24) is 14.9 Å². The van der Waals surface area contributed by atoms with E-state index in [-0.39, 0.29) is 17.4 Å². The number of carbonyl (C=O) groups excluding carboxylic acids is 1. The number of amides is 1. The molecule has 3 rings (SSSR count). The van der Waals surface area contributed by atoms with E-state index in [0.717, 1.165) is 11.9 Å². The second-order valence-electron chi connectivity index (χ2n) is 5.64. The van der Waals surface area contributed by atoms with Gasteiger partial charge in [0, 0.05) is 12.2 Å². The fraction of sp³-hybridized carbons (Fsp3) is 0.429. The van der Waals surface area contributed by atoms with Gasteiger partial charge in [0.1, 0.15) is 0 Å². The Morgan fingerprint density at radius 2 is 2.33 bits per heavy atom. The van der Waals surface area contributed by atoms with E-state index in [9.17, 15) is 4.79 Å². The van der Waals surface area contributed by atoms with Crippen LogP contribution in [0.2, 0.25) is 0 Å². The SMILES string of the molecule is CC1(C)CCC1NC(=O)c1cccn2nccc12. The molecular weight excluding hydrogens is 226 g/mol. The molecule has 1 aliphatic carbocycles. The van der Waals surface area contributed by atoms with Gasteiger partial charge in [-0.2, -0.15) is 5.10 Å². The predicted molar refractivity (Wildman–Crippen MR) is 69.5 cm³/mol. The molecule has 1 atom stereocenters. The van der Waals surface area contributed by atoms with Crippen LogP contribution in [-0.4, -0.2) is 21.6 Å². The largest absolute Gasteiger partial charge is 0.349 e. The van der Waals surface area contributed by atoms with Crippen LogP contribution >= 0.6 is 0 Å². The first kappa shape index (κ1) is 11.3. The molecule has 4 heteroatoms. The molecule has 0 aliphatic heterocycles. The quantitative estimate of drug-likeness (QED) is 0.879. The summed E-state index contributed by atoms with van der Waals surface area (Å²) in [5.41, 5.74) is 1.77. The second-order valence-corrected chi connectivity index (χ2v) is 5.64. The molecule has 18 heavy (non-hydrogen) atoms. The normalized spacial score (nSPS) is 21.6. The van der Waals surface area contributed by atoms with Crippen LogP contribution in [0.25, 0.3) is 5.52 Å². The van der Waals surface area contributed by atoms with Crippen LogP contribution in [0.1, 0.15) is 37.0 Å². The average Bonchev–Trinajstić information content (AvgIpc) is 2.82. The van der Waals surface area contributed by atoms with Gasteiger partial charge in [-0.25, -0.2) is 4.52 Å². The fourth-order valence-corrected chi connectivity index (χ4v) is 2.51. The topological polar surface area (TPSA) is 46.4 Å². The zero-order chi connectivity index (χ0) is 12.8. The number of nitrogens with zero attached hydrogens (tertiary/aromatic N) is 2. The Balaban J connectivity index is 1.86. The summed E-state index contributed by atoms with van der Waals surface area (Å²) in [6.07, 6.45) is 5.80. The number of aromatic nitrogens is 2. The highest BCUT2D eigenvalue weighted by Crippen LogP contribution is 2.40. The van der Waals surface area contributed by atoms with Crippen molar-refractivity contribution in [2.75, 3.05) is 0 Å². The Morgan fingerprint density at radius 1 is 1.50 bits per heavy atom. The average molecular weight is 243 g/mol. The third-order valence-electron chi connectivity index (χ3n) is 4.01. The maximum atomic E-state index is 12.3. The van der Waals surface area contributed by atoms with Crippen molar-refractivity contribution in [3.63, 3.8) is 0 Å². The van der Waals surface area contributed by atoms with Crippen molar-refractivity contribution in [1.29, 1.82) is 0 Å². The standard InChI is InChI=1S/C14H17N3O/c1-14(2)7-5-12(14)16-13(18)10-4-3-9-17-11(10)6-8-15-17/h3-4,6,8-9,12H,5,7H2,1-2H3,(H,16,18). The van der Waals surface area contributed by atoms with Gasteiger partial charge in [-0.15, -0.1) is 0 Å². The number of hydrogen-bond donors (Lipinski definition) is 1. The Kier molecular flexibility index (Phi) is 2.40. The van der Waals surface area contributed by atoms with Gasteiger partial charge in [0.2, 0.25) is 0 Å². The Labute approximate surface area is 106 Å². The second kappa shape index (κ2) is 3.83. The molecule has 1 amide bonds. The molecule has 2 heterocycles. The van der Waals surface area contributed by atoms with Crippen molar-refractivity contribution in [2.45, 2.75) is 32.7 Å². The summed E-state index contributed by atoms with van der Waals surface area (Å²) < 4.78 is 1.72. The van der Waals surface area contributed by atoms with Crippen molar-refractivity contribution in [3.8, 4) is 0 Å². The molecule has 4 nitrogen and oxygen atoms in total. The lowest BCUT2D eigenvalue weighted by Gasteiger charge is -2.44. The molecule has 0 spiro atoms. The first-order valence-corrected chi connectivity index (χ1v) is 6.31. The third-order valence-corrected chi connectivity index (χ3v) is 4.01. The van der Waals surface area contributed by atoms with Crippen molar-refractivity contribution in [3.05, 3.63) is 36.2 Å². The number of rotatable bonds is 2. The minimum absolute atomic E-state index is 0.00104. The van der Waals surface area contributed by atoms with Crippen molar-refractivity contribution >= 4 is 11.4 Å². The van der Waals surface area contributed by atoms with Crippen LogP contribution in [0.15, 0.2) is 30.6 Å². The molecule has 0 aromatic carbocycles. The van der Waals surface area contributed by atoms with Crippen molar-refractivity contribution in [2.24, 2.45) is 5.41 Å². The molecule has 1 N–H and O–H groups in total. The Hall–Kier alpha value is -1.84. The predicted octanol–water partition coefficient (Wildman–Crippen LogP) is 2.25. The van der Waals surface area contributed by atoms with Crippen LogP contribution in [0.5, 0.6) is 0 Å². The van der Waals surface area contributed by atoms with E-state index in [0.29, 0.717) is 5.56 Å². The summed E-state index contributed by atoms with van der Waals surface area (Å²) in [5.74, 6) is -0.00104. The van der Waals surface area contributed by atoms with Gasteiger partial charge >= 0.3 is 0 Å². The molecule has 0 saturated heterocycles. The summed E-state index contributed by atoms with van der Waals surface area (Å²) in [7, 11) is 0. The van der Waals surface area contributed by atoms with E-state index in [1.54, 1.807) is 10.7 Å². The van der Waals surface area contributed by atoms with E-state index in [2.05, 4.69) is 24.3 Å². The minimum Gasteiger partial charge on any atom is -0.349 e. The highest BCUT2D eigenvalue weighted by atomic mass is 16.1. The van der Waals surface area contributed by atoms with Crippen LogP contribution < -0.4 is 5.32 Å². The molecule has 0 radical (unpaired) electrons. The molecular formula is C14H17N3O. The van der Waals surface area contributed by atoms with E-state index >= 15 is 0 Å². The lowest BCUT2D eigenvalue weighted by molar-refractivity contribution is 0.0733. The van der Waals surface area contributed by atoms with Gasteiger partial charge in [-0.3, -0.25) is 4.79 Å². The zero-order valence-electron chi connectivity index (χ0n) is 10.7. The van der Waals surface area contributed by atoms with E-state index in [1.165, 1.54) is 6.42 Å². The number of pyridine rings is 1. The number of carbonyl (C=O) groups is 1. The molecule has 0 bridgehead atoms. The molecule has 1 saturated carbocycles. The van der Waals surface area contributed by atoms with Gasteiger partial charge in [0.05, 0.1) is 17.3 Å². The van der Waals surface area contributed by atoms with E-state index in [1.807, 2.05) is 24.4 Å². The molecule has 2 aromatic heterocycles. The molecule has 1 unspecified atom stereocenters. The van der Waals surface area contributed by atoms with Crippen LogP contribution in [0.4, 0.5) is 0 Å². The summed E-state index contributed by atoms with van der Waals surface area (Å²) in [4.78, 5) is 12.3. The highest BCUT2D eigenvalue weighted by molar-refractivity contribution is 6.00. The van der Waals surface area contributed by atoms with Crippen molar-refractivity contribution < 1.29 is 4.79 Å². The van der Waals surface area contributed by atoms with E-state index in [4.69, 9.17) is 0 Å². The highest BCUT2D eigenvalue weighted by Gasteiger charge is 2.39. The lowest BCUT2D eigenvalue weighted by Crippen LogP contribution is -2.52. The van der Waals surface area contributed by atoms with Crippen LogP contribution in [-0.2, 0) is 0 Å². The summed E-state index contributed by atoms with van der Waals surface area (Å²) in [5, 5.41) is 7.27. The Morgan fingerprint density at radius 3 is 3.00 bits per heavy atom. The summed E-state index contributed by atoms with van der Waals surface area (Å²) in [6, 6.07) is 5.84. The third kappa shape index (κ3) is 1.68. The lowest BCUT2D eigenvalue weighted by atomic mass is 9.67. The minimum atomic E-state index is -0.00104. The molecule has 1 fully saturated rings. The monoisotopic (exact) mass is 243 g/mol. The fourth-order valence-electron chi connectivity index (χ4n) is 2.51. The van der Waals surface area contributed by atoms with Gasteiger partial charge in [0.25, 0.3) is 5.91 Å². The summed E-state index contributed by atoms with van der Waals surface area (Å²) in [6.45, 7) is 4.39. The smallest absolute Gasteiger partial charge is 0.253 e. The van der Waals surface area contributed by atoms with Gasteiger partial charge < -0.3 is 5.32 Å². The van der Waals surface area contributed by atoms with Crippen LogP contribution in [0, 0.1) is 5.41 Å². The molecule has 94 valence electrons. The number of fused-ring (bicyclic) bond motifs is 1.